The fourth-order valence-corrected chi connectivity index (χ4v) is 4.25. The summed E-state index contributed by atoms with van der Waals surface area (Å²) in [5.74, 6) is 0.511. The van der Waals surface area contributed by atoms with Crippen LogP contribution in [0.25, 0.3) is 21.5 Å². The van der Waals surface area contributed by atoms with Gasteiger partial charge in [-0.1, -0.05) is 42.1 Å². The van der Waals surface area contributed by atoms with Gasteiger partial charge in [0.25, 0.3) is 0 Å². The van der Waals surface area contributed by atoms with Crippen LogP contribution in [0, 0.1) is 0 Å². The van der Waals surface area contributed by atoms with Crippen LogP contribution in [-0.4, -0.2) is 44.0 Å². The van der Waals surface area contributed by atoms with Gasteiger partial charge in [-0.25, -0.2) is 9.97 Å². The molecule has 3 aromatic rings. The lowest BCUT2D eigenvalue weighted by molar-refractivity contribution is -0.127. The summed E-state index contributed by atoms with van der Waals surface area (Å²) in [7, 11) is 0. The van der Waals surface area contributed by atoms with E-state index in [1.54, 1.807) is 6.33 Å². The molecule has 0 spiro atoms. The number of hydrogen-bond acceptors (Lipinski definition) is 6. The highest BCUT2D eigenvalue weighted by molar-refractivity contribution is 8.00. The van der Waals surface area contributed by atoms with Crippen LogP contribution in [0.4, 0.5) is 0 Å². The van der Waals surface area contributed by atoms with E-state index in [0.717, 1.165) is 39.6 Å². The molecule has 0 saturated carbocycles. The molecular weight excluding hydrogens is 340 g/mol. The van der Waals surface area contributed by atoms with E-state index in [-0.39, 0.29) is 5.91 Å². The molecule has 0 aliphatic carbocycles. The maximum absolute atomic E-state index is 12.2. The minimum absolute atomic E-state index is 0.129. The first kappa shape index (κ1) is 16.9. The molecule has 1 amide bonds. The van der Waals surface area contributed by atoms with E-state index in [1.807, 2.05) is 49.1 Å². The Hall–Kier alpha value is -1.99. The van der Waals surface area contributed by atoms with Crippen molar-refractivity contribution < 1.29 is 4.79 Å². The predicted octanol–water partition coefficient (Wildman–Crippen LogP) is 3.71. The number of carbonyl (C=O) groups excluding carboxylic acids is 1. The van der Waals surface area contributed by atoms with Gasteiger partial charge in [-0.3, -0.25) is 4.79 Å². The molecule has 0 aliphatic heterocycles. The van der Waals surface area contributed by atoms with Crippen LogP contribution in [-0.2, 0) is 4.79 Å². The monoisotopic (exact) mass is 358 g/mol. The van der Waals surface area contributed by atoms with E-state index in [1.165, 1.54) is 23.3 Å². The third kappa shape index (κ3) is 3.42. The number of thioether (sulfide) groups is 1. The van der Waals surface area contributed by atoms with Gasteiger partial charge in [0.1, 0.15) is 27.3 Å². The average Bonchev–Trinajstić information content (AvgIpc) is 3.06. The highest BCUT2D eigenvalue weighted by Crippen LogP contribution is 2.34. The molecule has 0 aliphatic rings. The zero-order valence-electron chi connectivity index (χ0n) is 13.6. The summed E-state index contributed by atoms with van der Waals surface area (Å²) >= 11 is 2.84. The lowest BCUT2D eigenvalue weighted by atomic mass is 10.1. The maximum atomic E-state index is 12.2. The standard InChI is InChI=1S/C17H18N4OS2/c1-3-21(4-2)13(22)10-23-17-16-15(18-11-19-17)14(20-24-16)12-8-6-5-7-9-12/h5-9,11H,3-4,10H2,1-2H3. The molecule has 5 nitrogen and oxygen atoms in total. The Kier molecular flexibility index (Phi) is 5.42. The molecule has 0 saturated heterocycles. The molecular formula is C17H18N4OS2. The second-order valence-electron chi connectivity index (χ2n) is 5.11. The minimum Gasteiger partial charge on any atom is -0.343 e. The number of benzene rings is 1. The highest BCUT2D eigenvalue weighted by Gasteiger charge is 2.16. The van der Waals surface area contributed by atoms with Gasteiger partial charge in [0.15, 0.2) is 0 Å². The van der Waals surface area contributed by atoms with Crippen LogP contribution in [0.1, 0.15) is 13.8 Å². The van der Waals surface area contributed by atoms with E-state index >= 15 is 0 Å². The van der Waals surface area contributed by atoms with Crippen molar-refractivity contribution in [2.75, 3.05) is 18.8 Å². The first-order valence-electron chi connectivity index (χ1n) is 7.81. The van der Waals surface area contributed by atoms with Crippen LogP contribution < -0.4 is 0 Å². The van der Waals surface area contributed by atoms with Crippen molar-refractivity contribution in [1.82, 2.24) is 19.2 Å². The highest BCUT2D eigenvalue weighted by atomic mass is 32.2. The van der Waals surface area contributed by atoms with Crippen LogP contribution in [0.3, 0.4) is 0 Å². The Labute approximate surface area is 149 Å². The van der Waals surface area contributed by atoms with Crippen molar-refractivity contribution in [3.05, 3.63) is 36.7 Å². The van der Waals surface area contributed by atoms with Gasteiger partial charge in [0.05, 0.1) is 5.75 Å². The van der Waals surface area contributed by atoms with Gasteiger partial charge in [-0.2, -0.15) is 4.37 Å². The summed E-state index contributed by atoms with van der Waals surface area (Å²) in [6.45, 7) is 5.44. The molecule has 0 radical (unpaired) electrons. The zero-order chi connectivity index (χ0) is 16.9. The smallest absolute Gasteiger partial charge is 0.232 e. The normalized spacial score (nSPS) is 10.9. The topological polar surface area (TPSA) is 59.0 Å². The van der Waals surface area contributed by atoms with Gasteiger partial charge >= 0.3 is 0 Å². The number of carbonyl (C=O) groups is 1. The Morgan fingerprint density at radius 1 is 1.17 bits per heavy atom. The number of rotatable bonds is 6. The second kappa shape index (κ2) is 7.72. The lowest BCUT2D eigenvalue weighted by Crippen LogP contribution is -2.31. The van der Waals surface area contributed by atoms with Gasteiger partial charge < -0.3 is 4.90 Å². The molecule has 0 unspecified atom stereocenters. The molecule has 2 aromatic heterocycles. The summed E-state index contributed by atoms with van der Waals surface area (Å²) in [4.78, 5) is 22.8. The molecule has 1 aromatic carbocycles. The SMILES string of the molecule is CCN(CC)C(=O)CSc1ncnc2c(-c3ccccc3)nsc12. The van der Waals surface area contributed by atoms with E-state index in [4.69, 9.17) is 0 Å². The third-order valence-corrected chi connectivity index (χ3v) is 5.67. The zero-order valence-corrected chi connectivity index (χ0v) is 15.2. The van der Waals surface area contributed by atoms with Crippen molar-refractivity contribution in [3.63, 3.8) is 0 Å². The summed E-state index contributed by atoms with van der Waals surface area (Å²) in [6.07, 6.45) is 1.55. The summed E-state index contributed by atoms with van der Waals surface area (Å²) in [5, 5.41) is 0.820. The Morgan fingerprint density at radius 2 is 1.92 bits per heavy atom. The van der Waals surface area contributed by atoms with Gasteiger partial charge in [0, 0.05) is 18.7 Å². The number of aromatic nitrogens is 3. The number of hydrogen-bond donors (Lipinski definition) is 0. The van der Waals surface area contributed by atoms with E-state index in [2.05, 4.69) is 14.3 Å². The van der Waals surface area contributed by atoms with Crippen molar-refractivity contribution in [1.29, 1.82) is 0 Å². The fraction of sp³-hybridized carbons (Fsp3) is 0.294. The largest absolute Gasteiger partial charge is 0.343 e. The quantitative estimate of drug-likeness (QED) is 0.496. The van der Waals surface area contributed by atoms with Crippen molar-refractivity contribution in [3.8, 4) is 11.3 Å². The fourth-order valence-electron chi connectivity index (χ4n) is 2.43. The Morgan fingerprint density at radius 3 is 2.62 bits per heavy atom. The van der Waals surface area contributed by atoms with E-state index in [0.29, 0.717) is 5.75 Å². The van der Waals surface area contributed by atoms with Crippen molar-refractivity contribution in [2.24, 2.45) is 0 Å². The van der Waals surface area contributed by atoms with E-state index in [9.17, 15) is 4.79 Å². The lowest BCUT2D eigenvalue weighted by Gasteiger charge is -2.17. The Bertz CT molecular complexity index is 831. The first-order chi connectivity index (χ1) is 11.7. The van der Waals surface area contributed by atoms with E-state index < -0.39 is 0 Å². The molecule has 124 valence electrons. The molecule has 7 heteroatoms. The van der Waals surface area contributed by atoms with Gasteiger partial charge in [-0.15, -0.1) is 0 Å². The summed E-state index contributed by atoms with van der Waals surface area (Å²) in [5.41, 5.74) is 2.76. The van der Waals surface area contributed by atoms with Crippen LogP contribution >= 0.6 is 23.3 Å². The van der Waals surface area contributed by atoms with Crippen molar-refractivity contribution >= 4 is 39.4 Å². The third-order valence-electron chi connectivity index (χ3n) is 3.72. The predicted molar refractivity (Wildman–Crippen MR) is 99.3 cm³/mol. The minimum atomic E-state index is 0.129. The first-order valence-corrected chi connectivity index (χ1v) is 9.56. The van der Waals surface area contributed by atoms with Crippen LogP contribution in [0.15, 0.2) is 41.7 Å². The number of amides is 1. The number of nitrogens with zero attached hydrogens (tertiary/aromatic N) is 4. The average molecular weight is 358 g/mol. The summed E-state index contributed by atoms with van der Waals surface area (Å²) < 4.78 is 5.49. The van der Waals surface area contributed by atoms with Gasteiger partial charge in [0.2, 0.25) is 5.91 Å². The molecule has 0 bridgehead atoms. The number of fused-ring (bicyclic) bond motifs is 1. The molecule has 24 heavy (non-hydrogen) atoms. The van der Waals surface area contributed by atoms with Crippen LogP contribution in [0.5, 0.6) is 0 Å². The van der Waals surface area contributed by atoms with Crippen molar-refractivity contribution in [2.45, 2.75) is 18.9 Å². The molecule has 0 atom stereocenters. The van der Waals surface area contributed by atoms with Gasteiger partial charge in [-0.05, 0) is 25.4 Å². The van der Waals surface area contributed by atoms with Crippen LogP contribution in [0.2, 0.25) is 0 Å². The molecule has 2 heterocycles. The maximum Gasteiger partial charge on any atom is 0.232 e. The molecule has 3 rings (SSSR count). The summed E-state index contributed by atoms with van der Waals surface area (Å²) in [6, 6.07) is 9.99. The Balaban J connectivity index is 1.86. The molecule has 0 N–H and O–H groups in total. The molecule has 0 fully saturated rings. The second-order valence-corrected chi connectivity index (χ2v) is 6.85.